The third-order valence-corrected chi connectivity index (χ3v) is 6.04. The number of nitrogens with zero attached hydrogens (tertiary/aromatic N) is 3. The van der Waals surface area contributed by atoms with E-state index < -0.39 is 5.63 Å². The van der Waals surface area contributed by atoms with E-state index in [1.807, 2.05) is 60.7 Å². The summed E-state index contributed by atoms with van der Waals surface area (Å²) in [6, 6.07) is 26.0. The van der Waals surface area contributed by atoms with Gasteiger partial charge in [0.05, 0.1) is 17.5 Å². The van der Waals surface area contributed by atoms with Gasteiger partial charge in [0, 0.05) is 22.7 Å². The standard InChI is InChI=1S/C30H26N4O3/c1-30(2,3)23-15-13-20(14-16-23)28(35)32-31-18-22-19-34(24-10-5-4-6-11-24)33-27(22)25-17-21-9-7-8-12-26(21)37-29(25)36/h4-19H,1-3H3,(H,32,35). The monoisotopic (exact) mass is 490 g/mol. The molecule has 7 heteroatoms. The van der Waals surface area contributed by atoms with Crippen LogP contribution in [0.4, 0.5) is 0 Å². The van der Waals surface area contributed by atoms with Gasteiger partial charge in [0.25, 0.3) is 5.91 Å². The normalized spacial score (nSPS) is 11.8. The predicted octanol–water partition coefficient (Wildman–Crippen LogP) is 5.71. The van der Waals surface area contributed by atoms with Crippen LogP contribution in [0, 0.1) is 0 Å². The van der Waals surface area contributed by atoms with Crippen molar-refractivity contribution in [3.8, 4) is 16.9 Å². The predicted molar refractivity (Wildman–Crippen MR) is 145 cm³/mol. The number of carbonyl (C=O) groups is 1. The fourth-order valence-electron chi connectivity index (χ4n) is 3.98. The van der Waals surface area contributed by atoms with E-state index in [1.165, 1.54) is 6.21 Å². The minimum atomic E-state index is -0.505. The van der Waals surface area contributed by atoms with Crippen molar-refractivity contribution in [3.63, 3.8) is 0 Å². The van der Waals surface area contributed by atoms with Crippen molar-refractivity contribution in [1.29, 1.82) is 0 Å². The SMILES string of the molecule is CC(C)(C)c1ccc(C(=O)NN=Cc2cn(-c3ccccc3)nc2-c2cc3ccccc3oc2=O)cc1. The fourth-order valence-corrected chi connectivity index (χ4v) is 3.98. The number of hydrogen-bond donors (Lipinski definition) is 1. The summed E-state index contributed by atoms with van der Waals surface area (Å²) in [5.74, 6) is -0.334. The Bertz CT molecular complexity index is 1660. The molecule has 0 saturated heterocycles. The van der Waals surface area contributed by atoms with Gasteiger partial charge in [-0.25, -0.2) is 14.9 Å². The maximum Gasteiger partial charge on any atom is 0.345 e. The van der Waals surface area contributed by atoms with Crippen LogP contribution >= 0.6 is 0 Å². The number of hydrogen-bond acceptors (Lipinski definition) is 5. The molecule has 0 atom stereocenters. The van der Waals surface area contributed by atoms with Gasteiger partial charge < -0.3 is 4.42 Å². The lowest BCUT2D eigenvalue weighted by molar-refractivity contribution is 0.0955. The lowest BCUT2D eigenvalue weighted by atomic mass is 9.87. The maximum absolute atomic E-state index is 12.9. The van der Waals surface area contributed by atoms with Gasteiger partial charge in [-0.05, 0) is 47.4 Å². The molecule has 2 heterocycles. The molecule has 5 aromatic rings. The Morgan fingerprint density at radius 1 is 0.973 bits per heavy atom. The number of fused-ring (bicyclic) bond motifs is 1. The van der Waals surface area contributed by atoms with Gasteiger partial charge in [0.15, 0.2) is 0 Å². The van der Waals surface area contributed by atoms with Gasteiger partial charge in [-0.1, -0.05) is 69.3 Å². The van der Waals surface area contributed by atoms with Crippen LogP contribution < -0.4 is 11.1 Å². The van der Waals surface area contributed by atoms with Gasteiger partial charge in [-0.3, -0.25) is 4.79 Å². The molecule has 0 unspecified atom stereocenters. The summed E-state index contributed by atoms with van der Waals surface area (Å²) < 4.78 is 7.20. The van der Waals surface area contributed by atoms with Crippen molar-refractivity contribution in [1.82, 2.24) is 15.2 Å². The Balaban J connectivity index is 1.48. The lowest BCUT2D eigenvalue weighted by Gasteiger charge is -2.18. The summed E-state index contributed by atoms with van der Waals surface area (Å²) in [5, 5.41) is 9.60. The maximum atomic E-state index is 12.9. The van der Waals surface area contributed by atoms with Gasteiger partial charge in [0.2, 0.25) is 0 Å². The first-order valence-corrected chi connectivity index (χ1v) is 11.9. The lowest BCUT2D eigenvalue weighted by Crippen LogP contribution is -2.18. The average Bonchev–Trinajstić information content (AvgIpc) is 3.32. The molecule has 0 aliphatic rings. The Kier molecular flexibility index (Phi) is 6.27. The van der Waals surface area contributed by atoms with Crippen LogP contribution in [0.2, 0.25) is 0 Å². The Morgan fingerprint density at radius 3 is 2.41 bits per heavy atom. The second-order valence-electron chi connectivity index (χ2n) is 9.73. The van der Waals surface area contributed by atoms with Gasteiger partial charge >= 0.3 is 5.63 Å². The van der Waals surface area contributed by atoms with E-state index in [-0.39, 0.29) is 11.3 Å². The first-order chi connectivity index (χ1) is 17.8. The van der Waals surface area contributed by atoms with E-state index in [1.54, 1.807) is 35.1 Å². The third-order valence-electron chi connectivity index (χ3n) is 6.04. The molecule has 0 radical (unpaired) electrons. The molecule has 7 nitrogen and oxygen atoms in total. The van der Waals surface area contributed by atoms with Crippen molar-refractivity contribution in [2.24, 2.45) is 5.10 Å². The number of nitrogens with one attached hydrogen (secondary N) is 1. The van der Waals surface area contributed by atoms with E-state index in [4.69, 9.17) is 4.42 Å². The molecule has 0 aliphatic heterocycles. The molecular weight excluding hydrogens is 464 g/mol. The fraction of sp³-hybridized carbons (Fsp3) is 0.133. The van der Waals surface area contributed by atoms with Crippen molar-refractivity contribution in [2.75, 3.05) is 0 Å². The Labute approximate surface area is 214 Å². The summed E-state index contributed by atoms with van der Waals surface area (Å²) >= 11 is 0. The molecule has 2 aromatic heterocycles. The van der Waals surface area contributed by atoms with Crippen LogP contribution in [0.5, 0.6) is 0 Å². The van der Waals surface area contributed by atoms with Gasteiger partial charge in [0.1, 0.15) is 11.3 Å². The summed E-state index contributed by atoms with van der Waals surface area (Å²) in [6.07, 6.45) is 3.24. The number of rotatable bonds is 5. The number of amides is 1. The number of carbonyl (C=O) groups excluding carboxylic acids is 1. The molecule has 0 fully saturated rings. The molecule has 5 rings (SSSR count). The van der Waals surface area contributed by atoms with E-state index in [2.05, 4.69) is 36.4 Å². The van der Waals surface area contributed by atoms with Crippen LogP contribution in [-0.4, -0.2) is 21.9 Å². The van der Waals surface area contributed by atoms with E-state index >= 15 is 0 Å². The summed E-state index contributed by atoms with van der Waals surface area (Å²) in [4.78, 5) is 25.5. The van der Waals surface area contributed by atoms with Crippen LogP contribution in [0.1, 0.15) is 42.3 Å². The van der Waals surface area contributed by atoms with Crippen LogP contribution in [0.25, 0.3) is 27.9 Å². The summed E-state index contributed by atoms with van der Waals surface area (Å²) in [7, 11) is 0. The number of aromatic nitrogens is 2. The molecule has 37 heavy (non-hydrogen) atoms. The van der Waals surface area contributed by atoms with Gasteiger partial charge in [-0.15, -0.1) is 0 Å². The van der Waals surface area contributed by atoms with Gasteiger partial charge in [-0.2, -0.15) is 10.2 Å². The number of hydrazone groups is 1. The second kappa shape index (κ2) is 9.70. The van der Waals surface area contributed by atoms with E-state index in [0.29, 0.717) is 28.0 Å². The number of benzene rings is 3. The van der Waals surface area contributed by atoms with Crippen molar-refractivity contribution >= 4 is 23.1 Å². The smallest absolute Gasteiger partial charge is 0.345 e. The highest BCUT2D eigenvalue weighted by atomic mass is 16.4. The zero-order valence-corrected chi connectivity index (χ0v) is 20.8. The largest absolute Gasteiger partial charge is 0.422 e. The van der Waals surface area contributed by atoms with E-state index in [0.717, 1.165) is 16.6 Å². The van der Waals surface area contributed by atoms with Crippen LogP contribution in [-0.2, 0) is 5.41 Å². The molecule has 0 saturated carbocycles. The van der Waals surface area contributed by atoms with Crippen molar-refractivity contribution in [3.05, 3.63) is 118 Å². The van der Waals surface area contributed by atoms with Crippen molar-refractivity contribution in [2.45, 2.75) is 26.2 Å². The highest BCUT2D eigenvalue weighted by Crippen LogP contribution is 2.24. The molecule has 184 valence electrons. The quantitative estimate of drug-likeness (QED) is 0.194. The summed E-state index contributed by atoms with van der Waals surface area (Å²) in [5.41, 5.74) is 6.27. The minimum Gasteiger partial charge on any atom is -0.422 e. The highest BCUT2D eigenvalue weighted by Gasteiger charge is 2.17. The molecule has 1 N–H and O–H groups in total. The second-order valence-corrected chi connectivity index (χ2v) is 9.73. The molecule has 3 aromatic carbocycles. The van der Waals surface area contributed by atoms with Crippen LogP contribution in [0.15, 0.2) is 105 Å². The molecule has 0 bridgehead atoms. The molecular formula is C30H26N4O3. The minimum absolute atomic E-state index is 0.00205. The van der Waals surface area contributed by atoms with Crippen LogP contribution in [0.3, 0.4) is 0 Å². The first-order valence-electron chi connectivity index (χ1n) is 11.9. The average molecular weight is 491 g/mol. The Hall–Kier alpha value is -4.78. The highest BCUT2D eigenvalue weighted by molar-refractivity contribution is 5.96. The summed E-state index contributed by atoms with van der Waals surface area (Å²) in [6.45, 7) is 6.36. The number of para-hydroxylation sites is 2. The zero-order chi connectivity index (χ0) is 26.0. The Morgan fingerprint density at radius 2 is 1.68 bits per heavy atom. The molecule has 0 aliphatic carbocycles. The van der Waals surface area contributed by atoms with Crippen molar-refractivity contribution < 1.29 is 9.21 Å². The molecule has 1 amide bonds. The zero-order valence-electron chi connectivity index (χ0n) is 20.8. The molecule has 0 spiro atoms. The third kappa shape index (κ3) is 5.11. The first kappa shape index (κ1) is 23.9. The topological polar surface area (TPSA) is 89.5 Å². The van der Waals surface area contributed by atoms with E-state index in [9.17, 15) is 9.59 Å².